The zero-order valence-corrected chi connectivity index (χ0v) is 32.5. The SMILES string of the molecule is CC(C)OCC1(C)C(OC(C)C)C(OC(C)C)C[C@@]2(C)C1CC[C@]1(C)[C@H]2CC=C2[C@@H]3CC(C)(C)CC[C@]3(C(=O)C(C)C)CC[C@]21C. The molecule has 4 heteroatoms. The van der Waals surface area contributed by atoms with Gasteiger partial charge in [-0.15, -0.1) is 0 Å². The van der Waals surface area contributed by atoms with Crippen LogP contribution in [0.4, 0.5) is 0 Å². The van der Waals surface area contributed by atoms with Crippen LogP contribution in [0.15, 0.2) is 11.6 Å². The third-order valence-corrected chi connectivity index (χ3v) is 14.9. The van der Waals surface area contributed by atoms with Gasteiger partial charge in [0.2, 0.25) is 0 Å². The Labute approximate surface area is 283 Å². The third kappa shape index (κ3) is 5.63. The van der Waals surface area contributed by atoms with Crippen LogP contribution < -0.4 is 0 Å². The van der Waals surface area contributed by atoms with Crippen LogP contribution in [0.3, 0.4) is 0 Å². The lowest BCUT2D eigenvalue weighted by molar-refractivity contribution is -0.275. The van der Waals surface area contributed by atoms with Gasteiger partial charge in [-0.3, -0.25) is 4.79 Å². The number of carbonyl (C=O) groups is 1. The molecule has 0 aromatic carbocycles. The molecular formula is C42H72O4. The quantitative estimate of drug-likeness (QED) is 0.235. The smallest absolute Gasteiger partial charge is 0.142 e. The highest BCUT2D eigenvalue weighted by Gasteiger charge is 2.71. The number of allylic oxidation sites excluding steroid dienone is 2. The van der Waals surface area contributed by atoms with Gasteiger partial charge in [0, 0.05) is 16.7 Å². The fourth-order valence-corrected chi connectivity index (χ4v) is 12.7. The summed E-state index contributed by atoms with van der Waals surface area (Å²) < 4.78 is 20.3. The van der Waals surface area contributed by atoms with E-state index in [4.69, 9.17) is 14.2 Å². The number of hydrogen-bond acceptors (Lipinski definition) is 4. The molecule has 0 aromatic heterocycles. The summed E-state index contributed by atoms with van der Waals surface area (Å²) in [5, 5.41) is 0. The second-order valence-corrected chi connectivity index (χ2v) is 19.8. The van der Waals surface area contributed by atoms with Gasteiger partial charge in [-0.25, -0.2) is 0 Å². The van der Waals surface area contributed by atoms with Crippen LogP contribution in [0, 0.1) is 56.2 Å². The molecule has 0 spiro atoms. The monoisotopic (exact) mass is 641 g/mol. The van der Waals surface area contributed by atoms with Crippen molar-refractivity contribution in [2.75, 3.05) is 6.61 Å². The molecule has 0 aromatic rings. The number of fused-ring (bicyclic) bond motifs is 7. The summed E-state index contributed by atoms with van der Waals surface area (Å²) in [5.74, 6) is 2.06. The standard InChI is InChI=1S/C42H72O4/c1-26(2)35(43)42-21-19-37(9,10)23-31(42)30-15-16-34-38(11)24-32(45-28(5)6)36(46-29(7)8)39(12,25-44-27(3)4)33(38)17-18-41(34,14)40(30,13)20-22-42/h15,26-29,31-34,36H,16-25H2,1-14H3/t31-,32?,33?,34-,36?,38-,39?,40+,41+,42-/m0/s1. The van der Waals surface area contributed by atoms with Crippen molar-refractivity contribution in [2.45, 2.75) is 185 Å². The van der Waals surface area contributed by atoms with Gasteiger partial charge in [-0.05, 0) is 139 Å². The molecule has 10 atom stereocenters. The zero-order valence-electron chi connectivity index (χ0n) is 32.5. The maximum absolute atomic E-state index is 14.2. The fraction of sp³-hybridized carbons (Fsp3) is 0.929. The van der Waals surface area contributed by atoms with Crippen LogP contribution in [0.2, 0.25) is 0 Å². The fourth-order valence-electron chi connectivity index (χ4n) is 12.7. The lowest BCUT2D eigenvalue weighted by atomic mass is 9.33. The van der Waals surface area contributed by atoms with Gasteiger partial charge in [-0.2, -0.15) is 0 Å². The Bertz CT molecular complexity index is 1170. The molecule has 4 unspecified atom stereocenters. The Kier molecular flexibility index (Phi) is 9.74. The van der Waals surface area contributed by atoms with Gasteiger partial charge in [0.15, 0.2) is 0 Å². The molecule has 0 heterocycles. The van der Waals surface area contributed by atoms with E-state index in [1.165, 1.54) is 19.3 Å². The van der Waals surface area contributed by atoms with Crippen molar-refractivity contribution in [3.63, 3.8) is 0 Å². The molecule has 0 bridgehead atoms. The van der Waals surface area contributed by atoms with Crippen LogP contribution >= 0.6 is 0 Å². The summed E-state index contributed by atoms with van der Waals surface area (Å²) in [6.45, 7) is 33.4. The Morgan fingerprint density at radius 3 is 2.00 bits per heavy atom. The summed E-state index contributed by atoms with van der Waals surface area (Å²) >= 11 is 0. The van der Waals surface area contributed by atoms with E-state index in [9.17, 15) is 4.79 Å². The Morgan fingerprint density at radius 1 is 0.783 bits per heavy atom. The van der Waals surface area contributed by atoms with E-state index in [0.29, 0.717) is 30.1 Å². The number of ketones is 1. The number of ether oxygens (including phenoxy) is 3. The predicted molar refractivity (Wildman–Crippen MR) is 190 cm³/mol. The van der Waals surface area contributed by atoms with Gasteiger partial charge in [0.05, 0.1) is 37.1 Å². The van der Waals surface area contributed by atoms with Crippen molar-refractivity contribution in [1.82, 2.24) is 0 Å². The van der Waals surface area contributed by atoms with Crippen LogP contribution in [-0.2, 0) is 19.0 Å². The molecule has 0 N–H and O–H groups in total. The largest absolute Gasteiger partial charge is 0.378 e. The van der Waals surface area contributed by atoms with Crippen molar-refractivity contribution >= 4 is 5.78 Å². The Hall–Kier alpha value is -0.710. The molecule has 0 radical (unpaired) electrons. The maximum atomic E-state index is 14.2. The lowest BCUT2D eigenvalue weighted by Crippen LogP contribution is -2.69. The molecule has 4 saturated carbocycles. The predicted octanol–water partition coefficient (Wildman–Crippen LogP) is 10.6. The number of Topliss-reactive ketones (excluding diaryl/α,β-unsaturated/α-hetero) is 1. The van der Waals surface area contributed by atoms with Crippen LogP contribution in [0.25, 0.3) is 0 Å². The molecule has 264 valence electrons. The molecule has 5 aliphatic rings. The van der Waals surface area contributed by atoms with Crippen molar-refractivity contribution in [3.8, 4) is 0 Å². The van der Waals surface area contributed by atoms with E-state index in [-0.39, 0.29) is 68.9 Å². The molecule has 4 nitrogen and oxygen atoms in total. The van der Waals surface area contributed by atoms with E-state index in [2.05, 4.69) is 103 Å². The normalized spacial score (nSPS) is 45.3. The van der Waals surface area contributed by atoms with Crippen molar-refractivity contribution in [1.29, 1.82) is 0 Å². The minimum Gasteiger partial charge on any atom is -0.378 e. The number of rotatable bonds is 9. The second-order valence-electron chi connectivity index (χ2n) is 19.8. The lowest BCUT2D eigenvalue weighted by Gasteiger charge is -2.72. The molecule has 4 fully saturated rings. The van der Waals surface area contributed by atoms with E-state index in [0.717, 1.165) is 38.5 Å². The van der Waals surface area contributed by atoms with Crippen LogP contribution in [-0.4, -0.2) is 42.9 Å². The van der Waals surface area contributed by atoms with Crippen molar-refractivity contribution in [2.24, 2.45) is 56.2 Å². The topological polar surface area (TPSA) is 44.8 Å². The van der Waals surface area contributed by atoms with Gasteiger partial charge < -0.3 is 14.2 Å². The summed E-state index contributed by atoms with van der Waals surface area (Å²) in [6, 6.07) is 0. The van der Waals surface area contributed by atoms with E-state index < -0.39 is 0 Å². The van der Waals surface area contributed by atoms with E-state index in [1.807, 2.05) is 0 Å². The van der Waals surface area contributed by atoms with Crippen LogP contribution in [0.1, 0.15) is 155 Å². The van der Waals surface area contributed by atoms with Gasteiger partial charge in [-0.1, -0.05) is 67.0 Å². The average Bonchev–Trinajstić information content (AvgIpc) is 2.93. The minimum absolute atomic E-state index is 0.00294. The minimum atomic E-state index is -0.172. The summed E-state index contributed by atoms with van der Waals surface area (Å²) in [5.41, 5.74) is 2.00. The highest BCUT2D eigenvalue weighted by Crippen LogP contribution is 2.76. The molecule has 5 rings (SSSR count). The van der Waals surface area contributed by atoms with Crippen molar-refractivity contribution in [3.05, 3.63) is 11.6 Å². The highest BCUT2D eigenvalue weighted by atomic mass is 16.6. The number of hydrogen-bond donors (Lipinski definition) is 0. The summed E-state index contributed by atoms with van der Waals surface area (Å²) in [4.78, 5) is 14.2. The maximum Gasteiger partial charge on any atom is 0.142 e. The molecule has 46 heavy (non-hydrogen) atoms. The van der Waals surface area contributed by atoms with E-state index >= 15 is 0 Å². The Morgan fingerprint density at radius 2 is 1.41 bits per heavy atom. The summed E-state index contributed by atoms with van der Waals surface area (Å²) in [7, 11) is 0. The highest BCUT2D eigenvalue weighted by molar-refractivity contribution is 5.87. The number of carbonyl (C=O) groups excluding carboxylic acids is 1. The third-order valence-electron chi connectivity index (χ3n) is 14.9. The first-order valence-corrected chi connectivity index (χ1v) is 19.3. The molecule has 0 aliphatic heterocycles. The average molecular weight is 641 g/mol. The molecule has 0 saturated heterocycles. The van der Waals surface area contributed by atoms with E-state index in [1.54, 1.807) is 5.57 Å². The molecule has 5 aliphatic carbocycles. The first-order valence-electron chi connectivity index (χ1n) is 19.3. The van der Waals surface area contributed by atoms with Crippen LogP contribution in [0.5, 0.6) is 0 Å². The van der Waals surface area contributed by atoms with Gasteiger partial charge >= 0.3 is 0 Å². The first kappa shape index (κ1) is 36.6. The second kappa shape index (κ2) is 12.3. The molecule has 0 amide bonds. The Balaban J connectivity index is 1.61. The van der Waals surface area contributed by atoms with Gasteiger partial charge in [0.25, 0.3) is 0 Å². The van der Waals surface area contributed by atoms with Gasteiger partial charge in [0.1, 0.15) is 5.78 Å². The van der Waals surface area contributed by atoms with Crippen molar-refractivity contribution < 1.29 is 19.0 Å². The summed E-state index contributed by atoms with van der Waals surface area (Å²) in [6.07, 6.45) is 13.4. The zero-order chi connectivity index (χ0) is 34.3. The molecular weight excluding hydrogens is 568 g/mol. The first-order chi connectivity index (χ1) is 21.2.